The molecule has 14 heteroatoms. The fourth-order valence-corrected chi connectivity index (χ4v) is 5.10. The van der Waals surface area contributed by atoms with Crippen LogP contribution in [0.4, 0.5) is 34.0 Å². The van der Waals surface area contributed by atoms with Crippen LogP contribution >= 0.6 is 11.3 Å². The molecule has 1 aromatic carbocycles. The number of nitrogens with one attached hydrogen (secondary N) is 2. The molecule has 2 amide bonds. The largest absolute Gasteiger partial charge is 0.490 e. The SMILES string of the molecule is Cc1cc(Nc2ncc(F)c(C3CC3)n2)cc(-c2cnc(C3(NC(N)=O)CCC3)s2)c1.O=C(O)C(F)(F)F. The molecule has 0 unspecified atom stereocenters. The predicted octanol–water partition coefficient (Wildman–Crippen LogP) is 5.35. The van der Waals surface area contributed by atoms with Crippen molar-refractivity contribution in [1.82, 2.24) is 20.3 Å². The molecule has 38 heavy (non-hydrogen) atoms. The number of hydrogen-bond donors (Lipinski definition) is 4. The summed E-state index contributed by atoms with van der Waals surface area (Å²) in [5.74, 6) is -2.50. The molecule has 5 N–H and O–H groups in total. The van der Waals surface area contributed by atoms with Crippen molar-refractivity contribution in [3.05, 3.63) is 52.7 Å². The lowest BCUT2D eigenvalue weighted by Gasteiger charge is -2.40. The number of benzene rings is 1. The first kappa shape index (κ1) is 27.2. The Hall–Kier alpha value is -3.81. The molecule has 0 bridgehead atoms. The van der Waals surface area contributed by atoms with Crippen molar-refractivity contribution in [2.75, 3.05) is 5.32 Å². The van der Waals surface area contributed by atoms with E-state index >= 15 is 0 Å². The first-order chi connectivity index (χ1) is 17.9. The number of amides is 2. The third-order valence-corrected chi connectivity index (χ3v) is 7.33. The molecule has 2 aliphatic carbocycles. The minimum absolute atomic E-state index is 0.208. The number of alkyl halides is 3. The number of halogens is 4. The number of thiazole rings is 1. The van der Waals surface area contributed by atoms with E-state index in [2.05, 4.69) is 31.7 Å². The van der Waals surface area contributed by atoms with Crippen molar-refractivity contribution < 1.29 is 32.3 Å². The van der Waals surface area contributed by atoms with Crippen LogP contribution in [0.3, 0.4) is 0 Å². The highest BCUT2D eigenvalue weighted by Crippen LogP contribution is 2.44. The van der Waals surface area contributed by atoms with E-state index in [0.29, 0.717) is 11.6 Å². The number of carbonyl (C=O) groups excluding carboxylic acids is 1. The van der Waals surface area contributed by atoms with Gasteiger partial charge in [-0.3, -0.25) is 0 Å². The third kappa shape index (κ3) is 6.36. The van der Waals surface area contributed by atoms with E-state index in [1.54, 1.807) is 11.3 Å². The molecule has 2 fully saturated rings. The Bertz CT molecular complexity index is 1360. The quantitative estimate of drug-likeness (QED) is 0.302. The van der Waals surface area contributed by atoms with Crippen LogP contribution in [-0.4, -0.2) is 38.2 Å². The van der Waals surface area contributed by atoms with E-state index in [9.17, 15) is 22.4 Å². The number of nitrogens with zero attached hydrogens (tertiary/aromatic N) is 3. The van der Waals surface area contributed by atoms with Gasteiger partial charge in [-0.1, -0.05) is 6.07 Å². The summed E-state index contributed by atoms with van der Waals surface area (Å²) in [5, 5.41) is 14.1. The van der Waals surface area contributed by atoms with E-state index in [4.69, 9.17) is 15.6 Å². The van der Waals surface area contributed by atoms with Crippen LogP contribution in [0.5, 0.6) is 0 Å². The normalized spacial score (nSPS) is 16.0. The molecule has 202 valence electrons. The average molecular weight is 553 g/mol. The summed E-state index contributed by atoms with van der Waals surface area (Å²) < 4.78 is 45.7. The summed E-state index contributed by atoms with van der Waals surface area (Å²) in [5.41, 5.74) is 8.32. The number of rotatable bonds is 6. The number of anilines is 2. The molecule has 2 heterocycles. The van der Waals surface area contributed by atoms with Crippen LogP contribution in [0, 0.1) is 12.7 Å². The highest BCUT2D eigenvalue weighted by atomic mass is 32.1. The van der Waals surface area contributed by atoms with Gasteiger partial charge in [0.2, 0.25) is 5.95 Å². The Morgan fingerprint density at radius 2 is 1.84 bits per heavy atom. The maximum absolute atomic E-state index is 14.0. The summed E-state index contributed by atoms with van der Waals surface area (Å²) in [4.78, 5) is 34.4. The highest BCUT2D eigenvalue weighted by molar-refractivity contribution is 7.15. The summed E-state index contributed by atoms with van der Waals surface area (Å²) in [6.45, 7) is 2.01. The van der Waals surface area contributed by atoms with Crippen molar-refractivity contribution >= 4 is 35.0 Å². The smallest absolute Gasteiger partial charge is 0.475 e. The zero-order valence-corrected chi connectivity index (χ0v) is 20.9. The van der Waals surface area contributed by atoms with Gasteiger partial charge in [0.1, 0.15) is 5.01 Å². The van der Waals surface area contributed by atoms with E-state index in [1.807, 2.05) is 25.3 Å². The van der Waals surface area contributed by atoms with Gasteiger partial charge in [-0.2, -0.15) is 13.2 Å². The Kier molecular flexibility index (Phi) is 7.54. The number of aromatic nitrogens is 3. The van der Waals surface area contributed by atoms with Crippen LogP contribution in [0.15, 0.2) is 30.6 Å². The lowest BCUT2D eigenvalue weighted by molar-refractivity contribution is -0.192. The Labute approximate surface area is 218 Å². The number of carbonyl (C=O) groups is 2. The van der Waals surface area contributed by atoms with Crippen LogP contribution < -0.4 is 16.4 Å². The van der Waals surface area contributed by atoms with E-state index in [1.165, 1.54) is 6.20 Å². The number of carboxylic acid groups (broad SMARTS) is 1. The van der Waals surface area contributed by atoms with Gasteiger partial charge >= 0.3 is 18.2 Å². The molecule has 0 spiro atoms. The van der Waals surface area contributed by atoms with Gasteiger partial charge in [0.15, 0.2) is 5.82 Å². The highest BCUT2D eigenvalue weighted by Gasteiger charge is 2.42. The second-order valence-electron chi connectivity index (χ2n) is 9.17. The fraction of sp³-hybridized carbons (Fsp3) is 0.375. The van der Waals surface area contributed by atoms with Crippen molar-refractivity contribution in [1.29, 1.82) is 0 Å². The molecular formula is C24H24F4N6O3S. The lowest BCUT2D eigenvalue weighted by atomic mass is 9.77. The molecule has 0 atom stereocenters. The fourth-order valence-electron chi connectivity index (χ4n) is 4.00. The van der Waals surface area contributed by atoms with Crippen molar-refractivity contribution in [3.8, 4) is 10.4 Å². The molecule has 5 rings (SSSR count). The van der Waals surface area contributed by atoms with E-state index in [-0.39, 0.29) is 11.7 Å². The maximum Gasteiger partial charge on any atom is 0.490 e. The van der Waals surface area contributed by atoms with Crippen molar-refractivity contribution in [2.45, 2.75) is 56.7 Å². The molecule has 2 aliphatic rings. The molecule has 9 nitrogen and oxygen atoms in total. The number of hydrogen-bond acceptors (Lipinski definition) is 7. The molecular weight excluding hydrogens is 528 g/mol. The standard InChI is InChI=1S/C22H23FN6OS.C2HF3O2/c1-12-7-14(17-11-25-19(31-17)22(5-2-6-22)29-20(24)30)9-15(8-12)27-21-26-10-16(23)18(28-21)13-3-4-13;3-2(4,5)1(6)7/h7-11,13H,2-6H2,1H3,(H3,24,29,30)(H,26,27,28);(H,6,7). The number of aliphatic carboxylic acids is 1. The first-order valence-electron chi connectivity index (χ1n) is 11.6. The van der Waals surface area contributed by atoms with Gasteiger partial charge in [-0.15, -0.1) is 11.3 Å². The lowest BCUT2D eigenvalue weighted by Crippen LogP contribution is -2.52. The number of nitrogens with two attached hydrogens (primary N) is 1. The zero-order chi connectivity index (χ0) is 27.7. The monoisotopic (exact) mass is 552 g/mol. The second-order valence-corrected chi connectivity index (χ2v) is 10.2. The van der Waals surface area contributed by atoms with Crippen molar-refractivity contribution in [3.63, 3.8) is 0 Å². The van der Waals surface area contributed by atoms with Gasteiger partial charge in [0, 0.05) is 17.8 Å². The van der Waals surface area contributed by atoms with E-state index < -0.39 is 23.7 Å². The first-order valence-corrected chi connectivity index (χ1v) is 12.4. The number of carboxylic acids is 1. The number of urea groups is 1. The average Bonchev–Trinajstić information content (AvgIpc) is 3.52. The van der Waals surface area contributed by atoms with Crippen LogP contribution in [-0.2, 0) is 10.3 Å². The van der Waals surface area contributed by atoms with Gasteiger partial charge in [0.05, 0.1) is 22.3 Å². The molecule has 3 aromatic rings. The molecule has 0 aliphatic heterocycles. The number of primary amides is 1. The molecule has 2 saturated carbocycles. The Morgan fingerprint density at radius 1 is 1.16 bits per heavy atom. The Morgan fingerprint density at radius 3 is 2.39 bits per heavy atom. The minimum atomic E-state index is -5.08. The maximum atomic E-state index is 14.0. The van der Waals surface area contributed by atoms with Gasteiger partial charge in [0.25, 0.3) is 0 Å². The third-order valence-electron chi connectivity index (χ3n) is 6.08. The minimum Gasteiger partial charge on any atom is -0.475 e. The second kappa shape index (κ2) is 10.5. The molecule has 0 radical (unpaired) electrons. The van der Waals surface area contributed by atoms with Gasteiger partial charge < -0.3 is 21.5 Å². The zero-order valence-electron chi connectivity index (χ0n) is 20.1. The number of aryl methyl sites for hydroxylation is 1. The van der Waals surface area contributed by atoms with Crippen LogP contribution in [0.25, 0.3) is 10.4 Å². The summed E-state index contributed by atoms with van der Waals surface area (Å²) >= 11 is 1.56. The summed E-state index contributed by atoms with van der Waals surface area (Å²) in [6.07, 6.45) is 2.65. The van der Waals surface area contributed by atoms with E-state index in [0.717, 1.165) is 58.8 Å². The van der Waals surface area contributed by atoms with Crippen molar-refractivity contribution in [2.24, 2.45) is 5.73 Å². The van der Waals surface area contributed by atoms with Gasteiger partial charge in [-0.25, -0.2) is 28.9 Å². The molecule has 2 aromatic heterocycles. The Balaban J connectivity index is 0.000000426. The summed E-state index contributed by atoms with van der Waals surface area (Å²) in [7, 11) is 0. The predicted molar refractivity (Wildman–Crippen MR) is 131 cm³/mol. The van der Waals surface area contributed by atoms with Crippen LogP contribution in [0.1, 0.15) is 54.3 Å². The van der Waals surface area contributed by atoms with Gasteiger partial charge in [-0.05, 0) is 62.3 Å². The summed E-state index contributed by atoms with van der Waals surface area (Å²) in [6, 6.07) is 5.56. The van der Waals surface area contributed by atoms with Crippen LogP contribution in [0.2, 0.25) is 0 Å². The molecule has 0 saturated heterocycles. The topological polar surface area (TPSA) is 143 Å².